The van der Waals surface area contributed by atoms with E-state index >= 15 is 0 Å². The number of hydrogen-bond donors (Lipinski definition) is 0. The van der Waals surface area contributed by atoms with Crippen molar-refractivity contribution in [3.63, 3.8) is 0 Å². The molecule has 1 aliphatic heterocycles. The third kappa shape index (κ3) is 3.40. The molecule has 1 aliphatic rings. The molecule has 0 bridgehead atoms. The van der Waals surface area contributed by atoms with Crippen LogP contribution in [0.3, 0.4) is 0 Å². The van der Waals surface area contributed by atoms with E-state index in [0.29, 0.717) is 47.7 Å². The number of para-hydroxylation sites is 2. The number of carbonyl (C=O) groups excluding carboxylic acids is 1. The first-order chi connectivity index (χ1) is 13.2. The van der Waals surface area contributed by atoms with Crippen LogP contribution in [0.5, 0.6) is 5.75 Å². The Balaban J connectivity index is 1.58. The van der Waals surface area contributed by atoms with E-state index < -0.39 is 0 Å². The molecule has 4 rings (SSSR count). The maximum atomic E-state index is 12.5. The van der Waals surface area contributed by atoms with Gasteiger partial charge in [0.15, 0.2) is 5.82 Å². The monoisotopic (exact) mass is 383 g/mol. The van der Waals surface area contributed by atoms with Gasteiger partial charge in [0.1, 0.15) is 5.75 Å². The van der Waals surface area contributed by atoms with Crippen LogP contribution in [-0.2, 0) is 4.79 Å². The van der Waals surface area contributed by atoms with E-state index in [9.17, 15) is 4.79 Å². The number of amides is 1. The van der Waals surface area contributed by atoms with Crippen LogP contribution in [0.25, 0.3) is 11.5 Å². The second-order valence-electron chi connectivity index (χ2n) is 6.24. The maximum Gasteiger partial charge on any atom is 0.261 e. The lowest BCUT2D eigenvalue weighted by molar-refractivity contribution is -0.117. The van der Waals surface area contributed by atoms with Crippen LogP contribution in [0.4, 0.5) is 5.69 Å². The van der Waals surface area contributed by atoms with Gasteiger partial charge in [-0.15, -0.1) is 0 Å². The number of rotatable bonds is 5. The summed E-state index contributed by atoms with van der Waals surface area (Å²) in [5, 5.41) is 4.65. The predicted octanol–water partition coefficient (Wildman–Crippen LogP) is 4.31. The fourth-order valence-electron chi connectivity index (χ4n) is 3.22. The lowest BCUT2D eigenvalue weighted by Crippen LogP contribution is -2.24. The molecule has 0 radical (unpaired) electrons. The zero-order chi connectivity index (χ0) is 18.8. The standard InChI is InChI=1S/C20H18ClN3O3/c1-2-26-17-10-6-3-7-14(17)20-22-19(23-27-20)13-11-18(25)24(12-13)16-9-5-4-8-15(16)21/h3-10,13H,2,11-12H2,1H3. The number of nitrogens with zero attached hydrogens (tertiary/aromatic N) is 3. The summed E-state index contributed by atoms with van der Waals surface area (Å²) in [5.74, 6) is 1.44. The Hall–Kier alpha value is -2.86. The van der Waals surface area contributed by atoms with Gasteiger partial charge in [0.2, 0.25) is 5.91 Å². The largest absolute Gasteiger partial charge is 0.493 e. The number of aromatic nitrogens is 2. The molecule has 1 atom stereocenters. The summed E-state index contributed by atoms with van der Waals surface area (Å²) in [5.41, 5.74) is 1.45. The minimum atomic E-state index is -0.148. The van der Waals surface area contributed by atoms with E-state index in [2.05, 4.69) is 10.1 Å². The van der Waals surface area contributed by atoms with E-state index in [0.717, 1.165) is 5.56 Å². The summed E-state index contributed by atoms with van der Waals surface area (Å²) in [6.45, 7) is 2.93. The van der Waals surface area contributed by atoms with Crippen LogP contribution in [0.15, 0.2) is 53.1 Å². The van der Waals surface area contributed by atoms with Crippen molar-refractivity contribution < 1.29 is 14.1 Å². The van der Waals surface area contributed by atoms with E-state index in [1.165, 1.54) is 0 Å². The van der Waals surface area contributed by atoms with Gasteiger partial charge in [-0.2, -0.15) is 4.98 Å². The van der Waals surface area contributed by atoms with Crippen LogP contribution in [0.1, 0.15) is 25.1 Å². The fraction of sp³-hybridized carbons (Fsp3) is 0.250. The number of hydrogen-bond acceptors (Lipinski definition) is 5. The highest BCUT2D eigenvalue weighted by Gasteiger charge is 2.35. The van der Waals surface area contributed by atoms with Gasteiger partial charge in [0, 0.05) is 18.9 Å². The highest BCUT2D eigenvalue weighted by atomic mass is 35.5. The van der Waals surface area contributed by atoms with Crippen LogP contribution in [0, 0.1) is 0 Å². The second kappa shape index (κ2) is 7.40. The van der Waals surface area contributed by atoms with E-state index in [1.54, 1.807) is 11.0 Å². The average Bonchev–Trinajstić information content (AvgIpc) is 3.30. The van der Waals surface area contributed by atoms with Crippen molar-refractivity contribution in [2.75, 3.05) is 18.1 Å². The molecule has 1 amide bonds. The zero-order valence-electron chi connectivity index (χ0n) is 14.8. The van der Waals surface area contributed by atoms with Gasteiger partial charge in [0.05, 0.1) is 22.9 Å². The van der Waals surface area contributed by atoms with Crippen LogP contribution in [-0.4, -0.2) is 29.2 Å². The minimum absolute atomic E-state index is 0.00540. The molecular formula is C20H18ClN3O3. The molecule has 7 heteroatoms. The summed E-state index contributed by atoms with van der Waals surface area (Å²) in [6, 6.07) is 14.8. The summed E-state index contributed by atoms with van der Waals surface area (Å²) < 4.78 is 11.1. The maximum absolute atomic E-state index is 12.5. The van der Waals surface area contributed by atoms with Crippen molar-refractivity contribution in [3.8, 4) is 17.2 Å². The molecule has 2 heterocycles. The lowest BCUT2D eigenvalue weighted by Gasteiger charge is -2.17. The predicted molar refractivity (Wildman–Crippen MR) is 102 cm³/mol. The first-order valence-electron chi connectivity index (χ1n) is 8.78. The fourth-order valence-corrected chi connectivity index (χ4v) is 3.46. The van der Waals surface area contributed by atoms with Crippen molar-refractivity contribution in [3.05, 3.63) is 59.4 Å². The van der Waals surface area contributed by atoms with Gasteiger partial charge >= 0.3 is 0 Å². The molecular weight excluding hydrogens is 366 g/mol. The Labute approximate surface area is 161 Å². The van der Waals surface area contributed by atoms with Crippen LogP contribution >= 0.6 is 11.6 Å². The van der Waals surface area contributed by atoms with E-state index in [4.69, 9.17) is 20.9 Å². The number of benzene rings is 2. The Bertz CT molecular complexity index is 972. The number of halogens is 1. The third-order valence-electron chi connectivity index (χ3n) is 4.49. The SMILES string of the molecule is CCOc1ccccc1-c1nc(C2CC(=O)N(c3ccccc3Cl)C2)no1. The molecule has 6 nitrogen and oxygen atoms in total. The Morgan fingerprint density at radius 1 is 1.22 bits per heavy atom. The molecule has 138 valence electrons. The quantitative estimate of drug-likeness (QED) is 0.656. The first-order valence-corrected chi connectivity index (χ1v) is 9.16. The van der Waals surface area contributed by atoms with Crippen molar-refractivity contribution in [2.24, 2.45) is 0 Å². The van der Waals surface area contributed by atoms with Crippen molar-refractivity contribution in [1.29, 1.82) is 0 Å². The molecule has 2 aromatic carbocycles. The number of anilines is 1. The molecule has 1 aromatic heterocycles. The molecule has 0 saturated carbocycles. The summed E-state index contributed by atoms with van der Waals surface area (Å²) in [4.78, 5) is 18.7. The topological polar surface area (TPSA) is 68.5 Å². The first kappa shape index (κ1) is 17.5. The molecule has 1 saturated heterocycles. The molecule has 0 aliphatic carbocycles. The summed E-state index contributed by atoms with van der Waals surface area (Å²) >= 11 is 6.24. The molecule has 3 aromatic rings. The Morgan fingerprint density at radius 2 is 2.00 bits per heavy atom. The van der Waals surface area contributed by atoms with Crippen molar-refractivity contribution in [1.82, 2.24) is 10.1 Å². The zero-order valence-corrected chi connectivity index (χ0v) is 15.5. The molecule has 0 N–H and O–H groups in total. The molecule has 1 fully saturated rings. The minimum Gasteiger partial charge on any atom is -0.493 e. The number of ether oxygens (including phenoxy) is 1. The highest BCUT2D eigenvalue weighted by Crippen LogP contribution is 2.35. The van der Waals surface area contributed by atoms with Gasteiger partial charge < -0.3 is 14.2 Å². The second-order valence-corrected chi connectivity index (χ2v) is 6.65. The third-order valence-corrected chi connectivity index (χ3v) is 4.81. The van der Waals surface area contributed by atoms with Crippen molar-refractivity contribution >= 4 is 23.2 Å². The lowest BCUT2D eigenvalue weighted by atomic mass is 10.1. The summed E-state index contributed by atoms with van der Waals surface area (Å²) in [7, 11) is 0. The van der Waals surface area contributed by atoms with Gasteiger partial charge in [-0.25, -0.2) is 0 Å². The van der Waals surface area contributed by atoms with Gasteiger partial charge in [-0.3, -0.25) is 4.79 Å². The molecule has 27 heavy (non-hydrogen) atoms. The highest BCUT2D eigenvalue weighted by molar-refractivity contribution is 6.33. The van der Waals surface area contributed by atoms with Crippen molar-refractivity contribution in [2.45, 2.75) is 19.3 Å². The van der Waals surface area contributed by atoms with Crippen LogP contribution < -0.4 is 9.64 Å². The number of carbonyl (C=O) groups is 1. The van der Waals surface area contributed by atoms with Gasteiger partial charge in [-0.1, -0.05) is 41.0 Å². The van der Waals surface area contributed by atoms with Crippen LogP contribution in [0.2, 0.25) is 5.02 Å². The Morgan fingerprint density at radius 3 is 2.81 bits per heavy atom. The smallest absolute Gasteiger partial charge is 0.261 e. The molecule has 0 spiro atoms. The normalized spacial score (nSPS) is 16.7. The van der Waals surface area contributed by atoms with E-state index in [1.807, 2.05) is 49.4 Å². The average molecular weight is 384 g/mol. The molecule has 1 unspecified atom stereocenters. The van der Waals surface area contributed by atoms with E-state index in [-0.39, 0.29) is 11.8 Å². The van der Waals surface area contributed by atoms with Gasteiger partial charge in [-0.05, 0) is 31.2 Å². The van der Waals surface area contributed by atoms with Gasteiger partial charge in [0.25, 0.3) is 5.89 Å². The summed E-state index contributed by atoms with van der Waals surface area (Å²) in [6.07, 6.45) is 0.317. The Kier molecular flexibility index (Phi) is 4.81.